The van der Waals surface area contributed by atoms with Gasteiger partial charge >= 0.3 is 0 Å². The molecule has 2 aromatic carbocycles. The number of hydrogen-bond acceptors (Lipinski definition) is 3. The van der Waals surface area contributed by atoms with Gasteiger partial charge in [-0.3, -0.25) is 9.78 Å². The zero-order valence-electron chi connectivity index (χ0n) is 11.1. The molecule has 1 aromatic heterocycles. The lowest BCUT2D eigenvalue weighted by Gasteiger charge is -2.08. The van der Waals surface area contributed by atoms with E-state index in [0.29, 0.717) is 0 Å². The molecule has 3 aromatic rings. The van der Waals surface area contributed by atoms with Crippen molar-refractivity contribution in [3.8, 4) is 0 Å². The van der Waals surface area contributed by atoms with Crippen LogP contribution < -0.4 is 5.32 Å². The Hall–Kier alpha value is -2.68. The number of Topliss-reactive ketones (excluding diaryl/α,β-unsaturated/α-hetero) is 1. The number of benzene rings is 2. The number of fused-ring (bicyclic) bond motifs is 1. The van der Waals surface area contributed by atoms with Gasteiger partial charge in [-0.05, 0) is 55.5 Å². The Bertz CT molecular complexity index is 763. The lowest BCUT2D eigenvalue weighted by Crippen LogP contribution is -1.94. The van der Waals surface area contributed by atoms with Crippen molar-refractivity contribution in [2.45, 2.75) is 6.92 Å². The minimum Gasteiger partial charge on any atom is -0.356 e. The molecule has 3 nitrogen and oxygen atoms in total. The maximum atomic E-state index is 11.2. The van der Waals surface area contributed by atoms with Crippen LogP contribution in [0.25, 0.3) is 10.9 Å². The number of nitrogens with zero attached hydrogens (tertiary/aromatic N) is 1. The van der Waals surface area contributed by atoms with Crippen molar-refractivity contribution in [2.75, 3.05) is 5.32 Å². The predicted molar refractivity (Wildman–Crippen MR) is 81.5 cm³/mol. The standard InChI is InChI=1S/C17H14N2O/c1-12(20)13-4-6-15(7-5-13)19-16-8-9-17-14(11-16)3-2-10-18-17/h2-11,19H,1H3. The first-order valence-corrected chi connectivity index (χ1v) is 6.45. The van der Waals surface area contributed by atoms with Gasteiger partial charge in [0.25, 0.3) is 0 Å². The van der Waals surface area contributed by atoms with Crippen LogP contribution in [0.2, 0.25) is 0 Å². The molecule has 0 aliphatic carbocycles. The molecule has 1 heterocycles. The maximum absolute atomic E-state index is 11.2. The van der Waals surface area contributed by atoms with Crippen molar-refractivity contribution >= 4 is 28.1 Å². The van der Waals surface area contributed by atoms with E-state index < -0.39 is 0 Å². The fourth-order valence-corrected chi connectivity index (χ4v) is 2.11. The van der Waals surface area contributed by atoms with E-state index in [9.17, 15) is 4.79 Å². The maximum Gasteiger partial charge on any atom is 0.159 e. The van der Waals surface area contributed by atoms with Crippen LogP contribution in [0.1, 0.15) is 17.3 Å². The van der Waals surface area contributed by atoms with E-state index in [1.165, 1.54) is 0 Å². The third kappa shape index (κ3) is 2.52. The van der Waals surface area contributed by atoms with Gasteiger partial charge in [0.1, 0.15) is 0 Å². The molecule has 0 fully saturated rings. The summed E-state index contributed by atoms with van der Waals surface area (Å²) in [7, 11) is 0. The van der Waals surface area contributed by atoms with Crippen LogP contribution in [0.4, 0.5) is 11.4 Å². The highest BCUT2D eigenvalue weighted by Gasteiger charge is 2.00. The number of aromatic nitrogens is 1. The summed E-state index contributed by atoms with van der Waals surface area (Å²) in [5.41, 5.74) is 3.66. The summed E-state index contributed by atoms with van der Waals surface area (Å²) in [6, 6.07) is 17.5. The molecule has 0 unspecified atom stereocenters. The van der Waals surface area contributed by atoms with Crippen LogP contribution in [0, 0.1) is 0 Å². The molecule has 0 radical (unpaired) electrons. The average molecular weight is 262 g/mol. The lowest BCUT2D eigenvalue weighted by molar-refractivity contribution is 0.101. The van der Waals surface area contributed by atoms with Crippen LogP contribution in [0.15, 0.2) is 60.8 Å². The number of pyridine rings is 1. The van der Waals surface area contributed by atoms with E-state index in [-0.39, 0.29) is 5.78 Å². The Kier molecular flexibility index (Phi) is 3.17. The second kappa shape index (κ2) is 5.13. The summed E-state index contributed by atoms with van der Waals surface area (Å²) in [4.78, 5) is 15.5. The topological polar surface area (TPSA) is 42.0 Å². The van der Waals surface area contributed by atoms with Crippen LogP contribution >= 0.6 is 0 Å². The van der Waals surface area contributed by atoms with Gasteiger partial charge in [-0.25, -0.2) is 0 Å². The first-order valence-electron chi connectivity index (χ1n) is 6.45. The van der Waals surface area contributed by atoms with Crippen molar-refractivity contribution in [3.05, 3.63) is 66.4 Å². The SMILES string of the molecule is CC(=O)c1ccc(Nc2ccc3ncccc3c2)cc1. The Morgan fingerprint density at radius 2 is 1.75 bits per heavy atom. The van der Waals surface area contributed by atoms with Gasteiger partial charge in [0.2, 0.25) is 0 Å². The molecular weight excluding hydrogens is 248 g/mol. The Morgan fingerprint density at radius 3 is 2.50 bits per heavy atom. The second-order valence-electron chi connectivity index (χ2n) is 4.67. The van der Waals surface area contributed by atoms with E-state index >= 15 is 0 Å². The second-order valence-corrected chi connectivity index (χ2v) is 4.67. The molecule has 0 saturated carbocycles. The Labute approximate surface area is 117 Å². The van der Waals surface area contributed by atoms with Crippen LogP contribution in [0.3, 0.4) is 0 Å². The molecule has 0 aliphatic rings. The quantitative estimate of drug-likeness (QED) is 0.720. The average Bonchev–Trinajstić information content (AvgIpc) is 2.48. The molecule has 98 valence electrons. The molecule has 0 saturated heterocycles. The van der Waals surface area contributed by atoms with E-state index in [0.717, 1.165) is 27.8 Å². The summed E-state index contributed by atoms with van der Waals surface area (Å²) < 4.78 is 0. The summed E-state index contributed by atoms with van der Waals surface area (Å²) in [5, 5.41) is 4.42. The van der Waals surface area contributed by atoms with Crippen molar-refractivity contribution < 1.29 is 4.79 Å². The van der Waals surface area contributed by atoms with Crippen molar-refractivity contribution in [2.24, 2.45) is 0 Å². The Balaban J connectivity index is 1.87. The number of ketones is 1. The fraction of sp³-hybridized carbons (Fsp3) is 0.0588. The number of nitrogens with one attached hydrogen (secondary N) is 1. The molecule has 0 atom stereocenters. The van der Waals surface area contributed by atoms with Gasteiger partial charge in [-0.15, -0.1) is 0 Å². The largest absolute Gasteiger partial charge is 0.356 e. The van der Waals surface area contributed by atoms with Crippen molar-refractivity contribution in [1.82, 2.24) is 4.98 Å². The lowest BCUT2D eigenvalue weighted by atomic mass is 10.1. The number of rotatable bonds is 3. The van der Waals surface area contributed by atoms with E-state index in [1.807, 2.05) is 48.5 Å². The molecule has 0 amide bonds. The van der Waals surface area contributed by atoms with Crippen molar-refractivity contribution in [1.29, 1.82) is 0 Å². The van der Waals surface area contributed by atoms with Gasteiger partial charge in [0.15, 0.2) is 5.78 Å². The van der Waals surface area contributed by atoms with Gasteiger partial charge in [-0.2, -0.15) is 0 Å². The minimum absolute atomic E-state index is 0.0772. The zero-order chi connectivity index (χ0) is 13.9. The minimum atomic E-state index is 0.0772. The van der Waals surface area contributed by atoms with Gasteiger partial charge < -0.3 is 5.32 Å². The summed E-state index contributed by atoms with van der Waals surface area (Å²) in [6.45, 7) is 1.57. The van der Waals surface area contributed by atoms with Crippen LogP contribution in [-0.4, -0.2) is 10.8 Å². The summed E-state index contributed by atoms with van der Waals surface area (Å²) in [6.07, 6.45) is 1.79. The zero-order valence-corrected chi connectivity index (χ0v) is 11.1. The normalized spacial score (nSPS) is 10.4. The summed E-state index contributed by atoms with van der Waals surface area (Å²) >= 11 is 0. The third-order valence-electron chi connectivity index (χ3n) is 3.18. The van der Waals surface area contributed by atoms with E-state index in [1.54, 1.807) is 13.1 Å². The molecule has 0 spiro atoms. The van der Waals surface area contributed by atoms with Crippen LogP contribution in [-0.2, 0) is 0 Å². The first kappa shape index (κ1) is 12.4. The highest BCUT2D eigenvalue weighted by molar-refractivity contribution is 5.94. The van der Waals surface area contributed by atoms with Gasteiger partial charge in [0.05, 0.1) is 5.52 Å². The monoisotopic (exact) mass is 262 g/mol. The molecular formula is C17H14N2O. The van der Waals surface area contributed by atoms with Gasteiger partial charge in [0, 0.05) is 28.5 Å². The molecule has 3 heteroatoms. The number of anilines is 2. The molecule has 3 rings (SSSR count). The predicted octanol–water partition coefficient (Wildman–Crippen LogP) is 4.18. The number of hydrogen-bond donors (Lipinski definition) is 1. The summed E-state index contributed by atoms with van der Waals surface area (Å²) in [5.74, 6) is 0.0772. The first-order chi connectivity index (χ1) is 9.72. The van der Waals surface area contributed by atoms with Crippen molar-refractivity contribution in [3.63, 3.8) is 0 Å². The molecule has 0 bridgehead atoms. The number of carbonyl (C=O) groups excluding carboxylic acids is 1. The van der Waals surface area contributed by atoms with Gasteiger partial charge in [-0.1, -0.05) is 6.07 Å². The highest BCUT2D eigenvalue weighted by atomic mass is 16.1. The molecule has 1 N–H and O–H groups in total. The molecule has 0 aliphatic heterocycles. The van der Waals surface area contributed by atoms with E-state index in [4.69, 9.17) is 0 Å². The van der Waals surface area contributed by atoms with E-state index in [2.05, 4.69) is 16.4 Å². The fourth-order valence-electron chi connectivity index (χ4n) is 2.11. The Morgan fingerprint density at radius 1 is 1.00 bits per heavy atom. The smallest absolute Gasteiger partial charge is 0.159 e. The van der Waals surface area contributed by atoms with Crippen LogP contribution in [0.5, 0.6) is 0 Å². The highest BCUT2D eigenvalue weighted by Crippen LogP contribution is 2.21. The number of carbonyl (C=O) groups is 1. The third-order valence-corrected chi connectivity index (χ3v) is 3.18. The molecule has 20 heavy (non-hydrogen) atoms.